The Morgan fingerprint density at radius 3 is 3.08 bits per heavy atom. The first kappa shape index (κ1) is 17.4. The van der Waals surface area contributed by atoms with E-state index in [1.807, 2.05) is 24.3 Å². The van der Waals surface area contributed by atoms with Crippen LogP contribution in [0.3, 0.4) is 0 Å². The fourth-order valence-corrected chi connectivity index (χ4v) is 3.01. The van der Waals surface area contributed by atoms with Crippen molar-refractivity contribution >= 4 is 22.9 Å². The van der Waals surface area contributed by atoms with Gasteiger partial charge in [0.2, 0.25) is 11.8 Å². The second kappa shape index (κ2) is 8.11. The number of carbonyl (C=O) groups is 2. The first-order valence-corrected chi connectivity index (χ1v) is 8.56. The fraction of sp³-hybridized carbons (Fsp3) is 0.500. The van der Waals surface area contributed by atoms with Crippen molar-refractivity contribution in [3.8, 4) is 0 Å². The van der Waals surface area contributed by atoms with E-state index in [1.54, 1.807) is 12.0 Å². The molecule has 1 aliphatic rings. The van der Waals surface area contributed by atoms with Gasteiger partial charge in [0.25, 0.3) is 0 Å². The van der Waals surface area contributed by atoms with E-state index in [2.05, 4.69) is 10.3 Å². The molecule has 7 nitrogen and oxygen atoms in total. The molecule has 3 rings (SSSR count). The summed E-state index contributed by atoms with van der Waals surface area (Å²) in [4.78, 5) is 30.3. The van der Waals surface area contributed by atoms with E-state index in [9.17, 15) is 9.59 Å². The van der Waals surface area contributed by atoms with E-state index in [4.69, 9.17) is 9.15 Å². The van der Waals surface area contributed by atoms with Crippen LogP contribution < -0.4 is 5.32 Å². The molecule has 2 aromatic rings. The Balaban J connectivity index is 1.47. The minimum atomic E-state index is -0.168. The van der Waals surface area contributed by atoms with E-state index in [0.717, 1.165) is 11.1 Å². The van der Waals surface area contributed by atoms with Crippen LogP contribution in [-0.2, 0) is 20.7 Å². The average molecular weight is 345 g/mol. The number of ether oxygens (including phenoxy) is 1. The third kappa shape index (κ3) is 4.36. The highest BCUT2D eigenvalue weighted by atomic mass is 16.5. The molecule has 0 radical (unpaired) electrons. The molecule has 1 atom stereocenters. The summed E-state index contributed by atoms with van der Waals surface area (Å²) >= 11 is 0. The molecular weight excluding hydrogens is 322 g/mol. The van der Waals surface area contributed by atoms with E-state index in [1.165, 1.54) is 0 Å². The second-order valence-corrected chi connectivity index (χ2v) is 6.18. The van der Waals surface area contributed by atoms with Gasteiger partial charge in [0.05, 0.1) is 12.5 Å². The number of methoxy groups -OCH3 is 1. The van der Waals surface area contributed by atoms with Crippen LogP contribution in [-0.4, -0.2) is 55.0 Å². The molecule has 1 saturated heterocycles. The Labute approximate surface area is 146 Å². The summed E-state index contributed by atoms with van der Waals surface area (Å²) in [5.74, 6) is 0.513. The van der Waals surface area contributed by atoms with Gasteiger partial charge in [0.15, 0.2) is 11.5 Å². The number of nitrogens with one attached hydrogen (secondary N) is 1. The Morgan fingerprint density at radius 2 is 2.28 bits per heavy atom. The van der Waals surface area contributed by atoms with Crippen LogP contribution in [0.15, 0.2) is 28.7 Å². The zero-order valence-corrected chi connectivity index (χ0v) is 14.4. The van der Waals surface area contributed by atoms with Gasteiger partial charge < -0.3 is 19.4 Å². The van der Waals surface area contributed by atoms with Gasteiger partial charge in [-0.05, 0) is 18.6 Å². The van der Waals surface area contributed by atoms with Gasteiger partial charge in [-0.2, -0.15) is 0 Å². The number of amides is 2. The Kier molecular flexibility index (Phi) is 5.65. The summed E-state index contributed by atoms with van der Waals surface area (Å²) in [6, 6.07) is 7.58. The molecule has 1 N–H and O–H groups in total. The largest absolute Gasteiger partial charge is 0.441 e. The summed E-state index contributed by atoms with van der Waals surface area (Å²) in [6.07, 6.45) is 1.55. The number of carbonyl (C=O) groups excluding carboxylic acids is 2. The van der Waals surface area contributed by atoms with Gasteiger partial charge in [0, 0.05) is 39.6 Å². The second-order valence-electron chi connectivity index (χ2n) is 6.18. The molecule has 25 heavy (non-hydrogen) atoms. The van der Waals surface area contributed by atoms with Crippen molar-refractivity contribution in [2.45, 2.75) is 19.3 Å². The number of para-hydroxylation sites is 2. The zero-order valence-electron chi connectivity index (χ0n) is 14.4. The molecule has 0 saturated carbocycles. The van der Waals surface area contributed by atoms with Crippen molar-refractivity contribution in [3.05, 3.63) is 30.2 Å². The van der Waals surface area contributed by atoms with Gasteiger partial charge in [-0.25, -0.2) is 4.98 Å². The van der Waals surface area contributed by atoms with Crippen molar-refractivity contribution in [2.75, 3.05) is 33.4 Å². The molecule has 2 amide bonds. The SMILES string of the molecule is COCCN1CC(C(=O)NCCc2nc3ccccc3o2)CCC1=O. The Morgan fingerprint density at radius 1 is 1.44 bits per heavy atom. The zero-order chi connectivity index (χ0) is 17.6. The van der Waals surface area contributed by atoms with E-state index in [-0.39, 0.29) is 17.7 Å². The predicted octanol–water partition coefficient (Wildman–Crippen LogP) is 1.37. The maximum Gasteiger partial charge on any atom is 0.224 e. The maximum atomic E-state index is 12.4. The van der Waals surface area contributed by atoms with Gasteiger partial charge in [-0.1, -0.05) is 12.1 Å². The smallest absolute Gasteiger partial charge is 0.224 e. The van der Waals surface area contributed by atoms with Crippen molar-refractivity contribution in [2.24, 2.45) is 5.92 Å². The van der Waals surface area contributed by atoms with Crippen LogP contribution in [0.2, 0.25) is 0 Å². The van der Waals surface area contributed by atoms with Crippen LogP contribution in [0, 0.1) is 5.92 Å². The van der Waals surface area contributed by atoms with Crippen LogP contribution in [0.4, 0.5) is 0 Å². The first-order chi connectivity index (χ1) is 12.2. The monoisotopic (exact) mass is 345 g/mol. The lowest BCUT2D eigenvalue weighted by molar-refractivity contribution is -0.138. The van der Waals surface area contributed by atoms with E-state index in [0.29, 0.717) is 51.4 Å². The fourth-order valence-electron chi connectivity index (χ4n) is 3.01. The molecule has 1 aliphatic heterocycles. The molecule has 1 aromatic carbocycles. The Hall–Kier alpha value is -2.41. The first-order valence-electron chi connectivity index (χ1n) is 8.56. The molecular formula is C18H23N3O4. The van der Waals surface area contributed by atoms with E-state index >= 15 is 0 Å². The lowest BCUT2D eigenvalue weighted by Crippen LogP contribution is -2.47. The molecule has 2 heterocycles. The number of hydrogen-bond acceptors (Lipinski definition) is 5. The number of piperidine rings is 1. The van der Waals surface area contributed by atoms with Gasteiger partial charge in [0.1, 0.15) is 5.52 Å². The molecule has 1 fully saturated rings. The highest BCUT2D eigenvalue weighted by Gasteiger charge is 2.29. The lowest BCUT2D eigenvalue weighted by atomic mass is 9.96. The number of nitrogens with zero attached hydrogens (tertiary/aromatic N) is 2. The van der Waals surface area contributed by atoms with E-state index < -0.39 is 0 Å². The molecule has 0 spiro atoms. The van der Waals surface area contributed by atoms with Crippen molar-refractivity contribution < 1.29 is 18.7 Å². The summed E-state index contributed by atoms with van der Waals surface area (Å²) in [5.41, 5.74) is 1.58. The number of benzene rings is 1. The van der Waals surface area contributed by atoms with Crippen molar-refractivity contribution in [1.29, 1.82) is 0 Å². The van der Waals surface area contributed by atoms with Crippen molar-refractivity contribution in [3.63, 3.8) is 0 Å². The highest BCUT2D eigenvalue weighted by molar-refractivity contribution is 5.83. The van der Waals surface area contributed by atoms with Gasteiger partial charge >= 0.3 is 0 Å². The minimum Gasteiger partial charge on any atom is -0.441 e. The van der Waals surface area contributed by atoms with Crippen LogP contribution in [0.25, 0.3) is 11.1 Å². The van der Waals surface area contributed by atoms with Crippen LogP contribution in [0.5, 0.6) is 0 Å². The minimum absolute atomic E-state index is 0.0222. The standard InChI is InChI=1S/C18H23N3O4/c1-24-11-10-21-12-13(6-7-17(21)22)18(23)19-9-8-16-20-14-4-2-3-5-15(14)25-16/h2-5,13H,6-12H2,1H3,(H,19,23). The molecule has 1 aromatic heterocycles. The highest BCUT2D eigenvalue weighted by Crippen LogP contribution is 2.18. The maximum absolute atomic E-state index is 12.4. The molecule has 7 heteroatoms. The summed E-state index contributed by atoms with van der Waals surface area (Å²) in [5, 5.41) is 2.93. The summed E-state index contributed by atoms with van der Waals surface area (Å²) in [6.45, 7) is 1.94. The number of oxazole rings is 1. The van der Waals surface area contributed by atoms with Crippen LogP contribution in [0.1, 0.15) is 18.7 Å². The number of aromatic nitrogens is 1. The number of fused-ring (bicyclic) bond motifs is 1. The third-order valence-electron chi connectivity index (χ3n) is 4.41. The normalized spacial score (nSPS) is 17.9. The number of hydrogen-bond donors (Lipinski definition) is 1. The Bertz CT molecular complexity index is 710. The topological polar surface area (TPSA) is 84.7 Å². The lowest BCUT2D eigenvalue weighted by Gasteiger charge is -2.31. The molecule has 0 aliphatic carbocycles. The van der Waals surface area contributed by atoms with Gasteiger partial charge in [-0.3, -0.25) is 9.59 Å². The van der Waals surface area contributed by atoms with Crippen molar-refractivity contribution in [1.82, 2.24) is 15.2 Å². The quantitative estimate of drug-likeness (QED) is 0.819. The van der Waals surface area contributed by atoms with Crippen LogP contribution >= 0.6 is 0 Å². The molecule has 1 unspecified atom stereocenters. The number of rotatable bonds is 7. The predicted molar refractivity (Wildman–Crippen MR) is 91.9 cm³/mol. The molecule has 134 valence electrons. The number of likely N-dealkylation sites (tertiary alicyclic amines) is 1. The summed E-state index contributed by atoms with van der Waals surface area (Å²) < 4.78 is 10.7. The summed E-state index contributed by atoms with van der Waals surface area (Å²) in [7, 11) is 1.60. The molecule has 0 bridgehead atoms. The van der Waals surface area contributed by atoms with Gasteiger partial charge in [-0.15, -0.1) is 0 Å². The third-order valence-corrected chi connectivity index (χ3v) is 4.41. The average Bonchev–Trinajstić information content (AvgIpc) is 3.03.